The molecule has 4 heterocycles. The number of nitrogens with one attached hydrogen (secondary N) is 1. The van der Waals surface area contributed by atoms with Gasteiger partial charge in [-0.2, -0.15) is 0 Å². The van der Waals surface area contributed by atoms with Crippen molar-refractivity contribution in [1.29, 1.82) is 0 Å². The fourth-order valence-corrected chi connectivity index (χ4v) is 7.32. The average Bonchev–Trinajstić information content (AvgIpc) is 3.48. The van der Waals surface area contributed by atoms with E-state index in [9.17, 15) is 24.3 Å². The predicted molar refractivity (Wildman–Crippen MR) is 151 cm³/mol. The summed E-state index contributed by atoms with van der Waals surface area (Å²) in [6.07, 6.45) is 6.52. The van der Waals surface area contributed by atoms with Gasteiger partial charge in [-0.1, -0.05) is 55.3 Å². The van der Waals surface area contributed by atoms with Gasteiger partial charge in [-0.15, -0.1) is 0 Å². The van der Waals surface area contributed by atoms with Crippen LogP contribution in [-0.2, 0) is 28.7 Å². The molecule has 4 aliphatic rings. The first-order valence-electron chi connectivity index (χ1n) is 14.4. The zero-order chi connectivity index (χ0) is 29.4. The highest BCUT2D eigenvalue weighted by Gasteiger charge is 2.75. The van der Waals surface area contributed by atoms with Gasteiger partial charge >= 0.3 is 5.97 Å². The first-order chi connectivity index (χ1) is 19.0. The van der Waals surface area contributed by atoms with Crippen LogP contribution >= 0.6 is 15.9 Å². The highest BCUT2D eigenvalue weighted by atomic mass is 79.9. The van der Waals surface area contributed by atoms with Crippen molar-refractivity contribution in [2.75, 3.05) is 19.7 Å². The number of aliphatic hydroxyl groups is 1. The number of halogens is 1. The summed E-state index contributed by atoms with van der Waals surface area (Å²) in [4.78, 5) is 58.1. The lowest BCUT2D eigenvalue weighted by Crippen LogP contribution is -2.60. The number of nitrogens with zero attached hydrogens (tertiary/aromatic N) is 2. The molecule has 4 rings (SSSR count). The van der Waals surface area contributed by atoms with Gasteiger partial charge in [-0.05, 0) is 38.7 Å². The van der Waals surface area contributed by atoms with Crippen LogP contribution in [0.4, 0.5) is 0 Å². The Balaban J connectivity index is 1.85. The van der Waals surface area contributed by atoms with Crippen molar-refractivity contribution < 1.29 is 33.8 Å². The average molecular weight is 625 g/mol. The van der Waals surface area contributed by atoms with Gasteiger partial charge in [0.15, 0.2) is 0 Å². The number of amides is 3. The minimum atomic E-state index is -1.39. The van der Waals surface area contributed by atoms with Crippen LogP contribution in [0.25, 0.3) is 0 Å². The number of ether oxygens (including phenoxy) is 2. The van der Waals surface area contributed by atoms with Crippen LogP contribution in [0.1, 0.15) is 60.3 Å². The van der Waals surface area contributed by atoms with Gasteiger partial charge in [0.1, 0.15) is 29.8 Å². The summed E-state index contributed by atoms with van der Waals surface area (Å²) in [5, 5.41) is 13.2. The number of carbonyl (C=O) groups is 4. The van der Waals surface area contributed by atoms with Crippen LogP contribution in [0.3, 0.4) is 0 Å². The molecule has 0 aromatic heterocycles. The van der Waals surface area contributed by atoms with Gasteiger partial charge < -0.3 is 29.7 Å². The molecule has 10 nitrogen and oxygen atoms in total. The zero-order valence-electron chi connectivity index (χ0n) is 24.0. The number of likely N-dealkylation sites (tertiary alicyclic amines) is 1. The van der Waals surface area contributed by atoms with Crippen molar-refractivity contribution in [3.8, 4) is 0 Å². The summed E-state index contributed by atoms with van der Waals surface area (Å²) < 4.78 is 12.8. The van der Waals surface area contributed by atoms with E-state index in [0.717, 1.165) is 12.8 Å². The number of hydrogen-bond donors (Lipinski definition) is 2. The molecule has 1 spiro atoms. The van der Waals surface area contributed by atoms with E-state index in [0.29, 0.717) is 17.4 Å². The first-order valence-corrected chi connectivity index (χ1v) is 15.2. The van der Waals surface area contributed by atoms with E-state index < -0.39 is 53.6 Å². The number of cyclic esters (lactones) is 1. The van der Waals surface area contributed by atoms with Crippen molar-refractivity contribution in [2.45, 2.75) is 96.2 Å². The van der Waals surface area contributed by atoms with Gasteiger partial charge in [0.05, 0.1) is 25.1 Å². The van der Waals surface area contributed by atoms with Gasteiger partial charge in [-0.3, -0.25) is 19.2 Å². The first kappa shape index (κ1) is 30.7. The van der Waals surface area contributed by atoms with E-state index in [-0.39, 0.29) is 43.3 Å². The Kier molecular flexibility index (Phi) is 9.46. The number of rotatable bonds is 6. The Morgan fingerprint density at radius 2 is 1.90 bits per heavy atom. The molecular formula is C29H42BrN3O7. The van der Waals surface area contributed by atoms with Crippen molar-refractivity contribution in [3.63, 3.8) is 0 Å². The van der Waals surface area contributed by atoms with E-state index >= 15 is 0 Å². The third-order valence-electron chi connectivity index (χ3n) is 8.62. The lowest BCUT2D eigenvalue weighted by atomic mass is 9.74. The number of aliphatic hydroxyl groups excluding tert-OH is 1. The number of esters is 1. The van der Waals surface area contributed by atoms with Crippen molar-refractivity contribution in [2.24, 2.45) is 17.8 Å². The standard InChI is InChI=1S/C29H42BrN3O7/c1-6-10-17(4)32-12-9-7-8-11-21(35)31-14-18(5)39-28(38)22-23-26(36)33(20(15-34)16(2)3)25(27(32)37)29(23)13-19(30)24(22)40-29/h7,9,13,16-18,20,22-25,34H,6,8,10-12,14-15H2,1-5H3,(H,31,35)/b9-7-/t17?,18-,20-,22+,23-,24+,25+,29-/m0/s1. The third-order valence-corrected chi connectivity index (χ3v) is 9.30. The van der Waals surface area contributed by atoms with Crippen LogP contribution in [-0.4, -0.2) is 94.2 Å². The summed E-state index contributed by atoms with van der Waals surface area (Å²) in [5.74, 6) is -3.58. The normalized spacial score (nSPS) is 35.4. The maximum Gasteiger partial charge on any atom is 0.313 e. The molecular weight excluding hydrogens is 582 g/mol. The van der Waals surface area contributed by atoms with E-state index in [4.69, 9.17) is 9.47 Å². The van der Waals surface area contributed by atoms with Crippen molar-refractivity contribution in [3.05, 3.63) is 22.7 Å². The van der Waals surface area contributed by atoms with Gasteiger partial charge in [-0.25, -0.2) is 0 Å². The highest BCUT2D eigenvalue weighted by Crippen LogP contribution is 2.59. The Morgan fingerprint density at radius 3 is 2.55 bits per heavy atom. The lowest BCUT2D eigenvalue weighted by molar-refractivity contribution is -0.160. The van der Waals surface area contributed by atoms with Crippen LogP contribution in [0.15, 0.2) is 22.7 Å². The second-order valence-corrected chi connectivity index (χ2v) is 12.7. The summed E-state index contributed by atoms with van der Waals surface area (Å²) in [5.41, 5.74) is -1.39. The quantitative estimate of drug-likeness (QED) is 0.343. The molecule has 2 fully saturated rings. The molecule has 0 aliphatic carbocycles. The Hall–Kier alpha value is -2.24. The molecule has 40 heavy (non-hydrogen) atoms. The molecule has 1 unspecified atom stereocenters. The van der Waals surface area contributed by atoms with E-state index in [1.54, 1.807) is 17.9 Å². The van der Waals surface area contributed by atoms with Crippen molar-refractivity contribution >= 4 is 39.6 Å². The summed E-state index contributed by atoms with van der Waals surface area (Å²) >= 11 is 3.55. The van der Waals surface area contributed by atoms with Gasteiger partial charge in [0, 0.05) is 23.5 Å². The minimum Gasteiger partial charge on any atom is -0.460 e. The summed E-state index contributed by atoms with van der Waals surface area (Å²) in [6, 6.07) is -1.85. The second kappa shape index (κ2) is 12.3. The molecule has 0 radical (unpaired) electrons. The van der Waals surface area contributed by atoms with Crippen LogP contribution in [0.2, 0.25) is 0 Å². The molecule has 0 saturated carbocycles. The predicted octanol–water partition coefficient (Wildman–Crippen LogP) is 2.29. The molecule has 0 aromatic carbocycles. The Labute approximate surface area is 244 Å². The van der Waals surface area contributed by atoms with Crippen LogP contribution in [0.5, 0.6) is 0 Å². The molecule has 5 bridgehead atoms. The molecule has 222 valence electrons. The number of allylic oxidation sites excluding steroid dienone is 1. The second-order valence-electron chi connectivity index (χ2n) is 11.8. The zero-order valence-corrected chi connectivity index (χ0v) is 25.6. The smallest absolute Gasteiger partial charge is 0.313 e. The Bertz CT molecular complexity index is 1080. The highest BCUT2D eigenvalue weighted by molar-refractivity contribution is 9.11. The summed E-state index contributed by atoms with van der Waals surface area (Å²) in [7, 11) is 0. The van der Waals surface area contributed by atoms with Crippen LogP contribution in [0, 0.1) is 17.8 Å². The topological polar surface area (TPSA) is 125 Å². The molecule has 2 N–H and O–H groups in total. The van der Waals surface area contributed by atoms with E-state index in [1.807, 2.05) is 32.9 Å². The molecule has 0 aromatic rings. The monoisotopic (exact) mass is 623 g/mol. The largest absolute Gasteiger partial charge is 0.460 e. The fraction of sp³-hybridized carbons (Fsp3) is 0.724. The van der Waals surface area contributed by atoms with Crippen molar-refractivity contribution in [1.82, 2.24) is 15.1 Å². The van der Waals surface area contributed by atoms with E-state index in [2.05, 4.69) is 28.2 Å². The van der Waals surface area contributed by atoms with E-state index in [1.165, 1.54) is 4.90 Å². The van der Waals surface area contributed by atoms with Gasteiger partial charge in [0.2, 0.25) is 17.7 Å². The minimum absolute atomic E-state index is 0.140. The van der Waals surface area contributed by atoms with Crippen LogP contribution < -0.4 is 5.32 Å². The summed E-state index contributed by atoms with van der Waals surface area (Å²) in [6.45, 7) is 9.61. The lowest BCUT2D eigenvalue weighted by Gasteiger charge is -2.41. The number of fused-ring (bicyclic) bond motifs is 2. The maximum atomic E-state index is 14.6. The number of hydrogen-bond acceptors (Lipinski definition) is 7. The molecule has 4 aliphatic heterocycles. The SMILES string of the molecule is CCCC(C)N1C/C=C\CCC(=O)NC[C@H](C)OC(=O)[C@H]2[C@@H]3O[C@@]4(C=C3Br)[C@@H]2C(=O)N([C@@H](CO)C(C)C)[C@@H]4C1=O. The molecule has 2 saturated heterocycles. The fourth-order valence-electron chi connectivity index (χ4n) is 6.59. The maximum absolute atomic E-state index is 14.6. The molecule has 11 heteroatoms. The number of carbonyl (C=O) groups excluding carboxylic acids is 4. The molecule has 8 atom stereocenters. The molecule has 3 amide bonds. The third kappa shape index (κ3) is 5.36. The Morgan fingerprint density at radius 1 is 1.18 bits per heavy atom. The van der Waals surface area contributed by atoms with Gasteiger partial charge in [0.25, 0.3) is 0 Å².